The highest BCUT2D eigenvalue weighted by atomic mass is 16.4. The largest absolute Gasteiger partial charge is 0.477 e. The zero-order valence-electron chi connectivity index (χ0n) is 14.6. The first-order chi connectivity index (χ1) is 12.5. The number of imidazole rings is 1. The van der Waals surface area contributed by atoms with Crippen molar-refractivity contribution in [1.82, 2.24) is 19.9 Å². The molecule has 0 unspecified atom stereocenters. The van der Waals surface area contributed by atoms with Gasteiger partial charge in [0.25, 0.3) is 5.91 Å². The molecule has 3 aromatic rings. The summed E-state index contributed by atoms with van der Waals surface area (Å²) in [6.45, 7) is 4.57. The van der Waals surface area contributed by atoms with Gasteiger partial charge in [-0.2, -0.15) is 0 Å². The molecule has 0 aliphatic carbocycles. The minimum atomic E-state index is -1.16. The number of carbonyl (C=O) groups excluding carboxylic acids is 1. The third-order valence-electron chi connectivity index (χ3n) is 4.02. The van der Waals surface area contributed by atoms with Crippen LogP contribution in [-0.2, 0) is 6.42 Å². The van der Waals surface area contributed by atoms with Crippen LogP contribution in [0, 0.1) is 0 Å². The van der Waals surface area contributed by atoms with Crippen LogP contribution in [-0.4, -0.2) is 38.1 Å². The smallest absolute Gasteiger partial charge is 0.354 e. The molecule has 1 aromatic carbocycles. The lowest BCUT2D eigenvalue weighted by Gasteiger charge is -2.13. The van der Waals surface area contributed by atoms with Gasteiger partial charge in [0.05, 0.1) is 11.0 Å². The third kappa shape index (κ3) is 3.56. The van der Waals surface area contributed by atoms with Crippen LogP contribution in [0.5, 0.6) is 0 Å². The number of carboxylic acids is 1. The maximum atomic E-state index is 12.2. The first-order valence-electron chi connectivity index (χ1n) is 8.41. The van der Waals surface area contributed by atoms with Crippen molar-refractivity contribution in [2.24, 2.45) is 0 Å². The van der Waals surface area contributed by atoms with E-state index in [0.29, 0.717) is 13.0 Å². The molecule has 134 valence electrons. The molecule has 0 spiro atoms. The summed E-state index contributed by atoms with van der Waals surface area (Å²) < 4.78 is 2.16. The third-order valence-corrected chi connectivity index (χ3v) is 4.02. The fraction of sp³-hybridized carbons (Fsp3) is 0.263. The lowest BCUT2D eigenvalue weighted by molar-refractivity contribution is 0.0690. The van der Waals surface area contributed by atoms with E-state index in [9.17, 15) is 9.59 Å². The lowest BCUT2D eigenvalue weighted by Crippen LogP contribution is -2.27. The Hall–Kier alpha value is -3.22. The molecule has 26 heavy (non-hydrogen) atoms. The summed E-state index contributed by atoms with van der Waals surface area (Å²) >= 11 is 0. The molecule has 0 radical (unpaired) electrons. The Kier molecular flexibility index (Phi) is 4.97. The summed E-state index contributed by atoms with van der Waals surface area (Å²) in [5, 5.41) is 11.7. The predicted molar refractivity (Wildman–Crippen MR) is 97.4 cm³/mol. The quantitative estimate of drug-likeness (QED) is 0.711. The number of benzene rings is 1. The van der Waals surface area contributed by atoms with Crippen LogP contribution in [0.3, 0.4) is 0 Å². The van der Waals surface area contributed by atoms with Crippen molar-refractivity contribution < 1.29 is 14.7 Å². The minimum Gasteiger partial charge on any atom is -0.477 e. The molecule has 2 aromatic heterocycles. The van der Waals surface area contributed by atoms with Crippen molar-refractivity contribution >= 4 is 22.9 Å². The second-order valence-corrected chi connectivity index (χ2v) is 6.20. The first kappa shape index (κ1) is 17.6. The van der Waals surface area contributed by atoms with Gasteiger partial charge in [0.2, 0.25) is 0 Å². The molecule has 7 nitrogen and oxygen atoms in total. The van der Waals surface area contributed by atoms with E-state index in [2.05, 4.69) is 33.7 Å². The Morgan fingerprint density at radius 3 is 2.54 bits per heavy atom. The van der Waals surface area contributed by atoms with Crippen LogP contribution in [0.25, 0.3) is 11.0 Å². The summed E-state index contributed by atoms with van der Waals surface area (Å²) in [6.07, 6.45) is 0.567. The van der Waals surface area contributed by atoms with Crippen molar-refractivity contribution in [2.75, 3.05) is 6.54 Å². The molecular weight excluding hydrogens is 332 g/mol. The van der Waals surface area contributed by atoms with E-state index in [1.165, 1.54) is 18.2 Å². The highest BCUT2D eigenvalue weighted by molar-refractivity contribution is 5.94. The van der Waals surface area contributed by atoms with Gasteiger partial charge in [-0.15, -0.1) is 0 Å². The number of rotatable bonds is 6. The van der Waals surface area contributed by atoms with Gasteiger partial charge in [0, 0.05) is 19.0 Å². The number of nitrogens with one attached hydrogen (secondary N) is 1. The van der Waals surface area contributed by atoms with Gasteiger partial charge in [0.1, 0.15) is 17.2 Å². The van der Waals surface area contributed by atoms with E-state index in [4.69, 9.17) is 5.11 Å². The number of aromatic carboxylic acids is 1. The summed E-state index contributed by atoms with van der Waals surface area (Å²) in [5.41, 5.74) is 1.93. The molecule has 0 bridgehead atoms. The van der Waals surface area contributed by atoms with Crippen molar-refractivity contribution in [1.29, 1.82) is 0 Å². The number of carbonyl (C=O) groups is 2. The number of pyridine rings is 1. The molecule has 2 N–H and O–H groups in total. The van der Waals surface area contributed by atoms with Gasteiger partial charge in [-0.3, -0.25) is 4.79 Å². The van der Waals surface area contributed by atoms with Crippen LogP contribution in [0.15, 0.2) is 42.5 Å². The van der Waals surface area contributed by atoms with Gasteiger partial charge >= 0.3 is 5.97 Å². The van der Waals surface area contributed by atoms with Crippen LogP contribution < -0.4 is 5.32 Å². The van der Waals surface area contributed by atoms with Gasteiger partial charge in [0.15, 0.2) is 0 Å². The average molecular weight is 352 g/mol. The fourth-order valence-corrected chi connectivity index (χ4v) is 2.91. The highest BCUT2D eigenvalue weighted by Gasteiger charge is 2.14. The number of hydrogen-bond donors (Lipinski definition) is 2. The molecule has 0 aliphatic heterocycles. The van der Waals surface area contributed by atoms with E-state index in [-0.39, 0.29) is 17.4 Å². The summed E-state index contributed by atoms with van der Waals surface area (Å²) in [4.78, 5) is 31.7. The molecule has 3 rings (SSSR count). The molecule has 1 amide bonds. The minimum absolute atomic E-state index is 0.0854. The predicted octanol–water partition coefficient (Wildman–Crippen LogP) is 2.68. The number of para-hydroxylation sites is 2. The van der Waals surface area contributed by atoms with Crippen LogP contribution in [0.1, 0.15) is 46.7 Å². The highest BCUT2D eigenvalue weighted by Crippen LogP contribution is 2.21. The Morgan fingerprint density at radius 2 is 1.81 bits per heavy atom. The van der Waals surface area contributed by atoms with Crippen LogP contribution in [0.4, 0.5) is 0 Å². The average Bonchev–Trinajstić information content (AvgIpc) is 3.00. The van der Waals surface area contributed by atoms with E-state index >= 15 is 0 Å². The molecular formula is C19H20N4O3. The standard InChI is InChI=1S/C19H20N4O3/c1-12(2)23-16-9-4-3-6-13(16)22-17(23)10-11-20-18(24)14-7-5-8-15(21-14)19(25)26/h3-9,12H,10-11H2,1-2H3,(H,20,24)(H,25,26). The van der Waals surface area contributed by atoms with Gasteiger partial charge < -0.3 is 15.0 Å². The normalized spacial score (nSPS) is 11.0. The number of aromatic nitrogens is 3. The van der Waals surface area contributed by atoms with Gasteiger partial charge in [-0.05, 0) is 38.1 Å². The zero-order chi connectivity index (χ0) is 18.7. The summed E-state index contributed by atoms with van der Waals surface area (Å²) in [6, 6.07) is 12.5. The number of nitrogens with zero attached hydrogens (tertiary/aromatic N) is 3. The fourth-order valence-electron chi connectivity index (χ4n) is 2.91. The number of fused-ring (bicyclic) bond motifs is 1. The second kappa shape index (κ2) is 7.35. The van der Waals surface area contributed by atoms with Crippen molar-refractivity contribution in [2.45, 2.75) is 26.3 Å². The van der Waals surface area contributed by atoms with E-state index in [0.717, 1.165) is 16.9 Å². The zero-order valence-corrected chi connectivity index (χ0v) is 14.6. The van der Waals surface area contributed by atoms with Crippen LogP contribution >= 0.6 is 0 Å². The van der Waals surface area contributed by atoms with Crippen LogP contribution in [0.2, 0.25) is 0 Å². The molecule has 2 heterocycles. The first-order valence-corrected chi connectivity index (χ1v) is 8.41. The summed E-state index contributed by atoms with van der Waals surface area (Å²) in [7, 11) is 0. The maximum absolute atomic E-state index is 12.2. The lowest BCUT2D eigenvalue weighted by atomic mass is 10.2. The second-order valence-electron chi connectivity index (χ2n) is 6.20. The molecule has 0 fully saturated rings. The topological polar surface area (TPSA) is 97.1 Å². The monoisotopic (exact) mass is 352 g/mol. The molecule has 0 saturated carbocycles. The number of hydrogen-bond acceptors (Lipinski definition) is 4. The van der Waals surface area contributed by atoms with E-state index in [1.807, 2.05) is 24.3 Å². The van der Waals surface area contributed by atoms with Crippen molar-refractivity contribution in [3.8, 4) is 0 Å². The Balaban J connectivity index is 1.71. The molecule has 0 aliphatic rings. The number of carboxylic acid groups (broad SMARTS) is 1. The van der Waals surface area contributed by atoms with E-state index in [1.54, 1.807) is 0 Å². The molecule has 0 atom stereocenters. The number of amides is 1. The Morgan fingerprint density at radius 1 is 1.08 bits per heavy atom. The van der Waals surface area contributed by atoms with E-state index < -0.39 is 11.9 Å². The molecule has 7 heteroatoms. The Bertz CT molecular complexity index is 962. The van der Waals surface area contributed by atoms with Gasteiger partial charge in [-0.1, -0.05) is 18.2 Å². The SMILES string of the molecule is CC(C)n1c(CCNC(=O)c2cccc(C(=O)O)n2)nc2ccccc21. The maximum Gasteiger partial charge on any atom is 0.354 e. The van der Waals surface area contributed by atoms with Gasteiger partial charge in [-0.25, -0.2) is 14.8 Å². The van der Waals surface area contributed by atoms with Crippen molar-refractivity contribution in [3.05, 3.63) is 59.7 Å². The Labute approximate surface area is 150 Å². The molecule has 0 saturated heterocycles. The van der Waals surface area contributed by atoms with Crippen molar-refractivity contribution in [3.63, 3.8) is 0 Å². The summed E-state index contributed by atoms with van der Waals surface area (Å²) in [5.74, 6) is -0.667.